The molecule has 2 heterocycles. The van der Waals surface area contributed by atoms with Crippen molar-refractivity contribution >= 4 is 6.03 Å². The number of nitrogens with zero attached hydrogens (tertiary/aromatic N) is 4. The van der Waals surface area contributed by atoms with Crippen LogP contribution >= 0.6 is 0 Å². The minimum Gasteiger partial charge on any atom is -0.497 e. The van der Waals surface area contributed by atoms with Crippen LogP contribution in [0, 0.1) is 0 Å². The number of aryl methyl sites for hydroxylation is 1. The largest absolute Gasteiger partial charge is 0.497 e. The number of hydrogen-bond acceptors (Lipinski definition) is 5. The fraction of sp³-hybridized carbons (Fsp3) is 0.500. The molecule has 0 saturated carbocycles. The molecule has 152 valence electrons. The lowest BCUT2D eigenvalue weighted by atomic mass is 10.0. The third-order valence-corrected chi connectivity index (χ3v) is 4.96. The van der Waals surface area contributed by atoms with Crippen molar-refractivity contribution in [3.05, 3.63) is 47.8 Å². The quantitative estimate of drug-likeness (QED) is 0.782. The van der Waals surface area contributed by atoms with Gasteiger partial charge in [-0.2, -0.15) is 5.10 Å². The molecule has 0 aliphatic carbocycles. The molecule has 1 fully saturated rings. The lowest BCUT2D eigenvalue weighted by molar-refractivity contribution is 0.0165. The average Bonchev–Trinajstić information content (AvgIpc) is 3.13. The zero-order valence-electron chi connectivity index (χ0n) is 16.8. The van der Waals surface area contributed by atoms with E-state index < -0.39 is 0 Å². The number of amides is 2. The summed E-state index contributed by atoms with van der Waals surface area (Å²) in [4.78, 5) is 16.6. The molecule has 1 aromatic heterocycles. The van der Waals surface area contributed by atoms with Crippen LogP contribution in [0.5, 0.6) is 5.75 Å². The van der Waals surface area contributed by atoms with Gasteiger partial charge in [0, 0.05) is 45.5 Å². The minimum absolute atomic E-state index is 0.0885. The van der Waals surface area contributed by atoms with Gasteiger partial charge in [-0.3, -0.25) is 9.58 Å². The zero-order chi connectivity index (χ0) is 19.9. The molecular weight excluding hydrogens is 358 g/mol. The van der Waals surface area contributed by atoms with Crippen LogP contribution in [0.2, 0.25) is 0 Å². The van der Waals surface area contributed by atoms with Gasteiger partial charge in [-0.15, -0.1) is 0 Å². The van der Waals surface area contributed by atoms with Gasteiger partial charge < -0.3 is 19.7 Å². The predicted molar refractivity (Wildman–Crippen MR) is 106 cm³/mol. The normalized spacial score (nSPS) is 15.8. The molecule has 1 aromatic carbocycles. The Hall–Kier alpha value is -2.58. The first kappa shape index (κ1) is 20.2. The van der Waals surface area contributed by atoms with Crippen molar-refractivity contribution in [3.63, 3.8) is 0 Å². The summed E-state index contributed by atoms with van der Waals surface area (Å²) >= 11 is 0. The first-order valence-corrected chi connectivity index (χ1v) is 9.49. The Labute approximate surface area is 166 Å². The summed E-state index contributed by atoms with van der Waals surface area (Å²) in [5.41, 5.74) is 2.15. The minimum atomic E-state index is -0.101. The van der Waals surface area contributed by atoms with Crippen LogP contribution in [0.3, 0.4) is 0 Å². The van der Waals surface area contributed by atoms with Gasteiger partial charge in [0.15, 0.2) is 0 Å². The second-order valence-corrected chi connectivity index (χ2v) is 7.00. The Kier molecular flexibility index (Phi) is 6.89. The van der Waals surface area contributed by atoms with Crippen molar-refractivity contribution in [2.75, 3.05) is 47.0 Å². The second-order valence-electron chi connectivity index (χ2n) is 7.00. The van der Waals surface area contributed by atoms with Gasteiger partial charge in [0.05, 0.1) is 39.1 Å². The summed E-state index contributed by atoms with van der Waals surface area (Å²) in [5.74, 6) is 0.824. The molecule has 1 aliphatic heterocycles. The summed E-state index contributed by atoms with van der Waals surface area (Å²) in [7, 11) is 5.32. The maximum atomic E-state index is 12.6. The van der Waals surface area contributed by atoms with E-state index >= 15 is 0 Å². The maximum absolute atomic E-state index is 12.6. The summed E-state index contributed by atoms with van der Waals surface area (Å²) in [6, 6.07) is 8.02. The number of ether oxygens (including phenoxy) is 2. The van der Waals surface area contributed by atoms with E-state index in [2.05, 4.69) is 27.4 Å². The van der Waals surface area contributed by atoms with Crippen molar-refractivity contribution < 1.29 is 14.3 Å². The molecule has 8 heteroatoms. The van der Waals surface area contributed by atoms with Gasteiger partial charge in [0.2, 0.25) is 0 Å². The molecule has 1 N–H and O–H groups in total. The molecule has 0 spiro atoms. The molecule has 1 saturated heterocycles. The van der Waals surface area contributed by atoms with Gasteiger partial charge in [0.25, 0.3) is 0 Å². The van der Waals surface area contributed by atoms with E-state index in [4.69, 9.17) is 9.47 Å². The Morgan fingerprint density at radius 1 is 1.32 bits per heavy atom. The van der Waals surface area contributed by atoms with E-state index in [1.54, 1.807) is 29.9 Å². The second kappa shape index (κ2) is 9.57. The fourth-order valence-corrected chi connectivity index (χ4v) is 3.39. The van der Waals surface area contributed by atoms with Crippen LogP contribution in [0.1, 0.15) is 17.2 Å². The smallest absolute Gasteiger partial charge is 0.317 e. The molecule has 0 radical (unpaired) electrons. The molecule has 3 rings (SSSR count). The van der Waals surface area contributed by atoms with E-state index in [0.717, 1.165) is 30.0 Å². The Bertz CT molecular complexity index is 755. The number of benzene rings is 1. The molecule has 0 bridgehead atoms. The van der Waals surface area contributed by atoms with Crippen LogP contribution in [0.25, 0.3) is 0 Å². The number of nitrogens with one attached hydrogen (secondary N) is 1. The van der Waals surface area contributed by atoms with E-state index in [9.17, 15) is 4.79 Å². The number of methoxy groups -OCH3 is 1. The van der Waals surface area contributed by atoms with E-state index in [1.807, 2.05) is 25.4 Å². The Balaban J connectivity index is 1.63. The Morgan fingerprint density at radius 3 is 2.64 bits per heavy atom. The number of carbonyl (C=O) groups is 1. The molecule has 2 amide bonds. The van der Waals surface area contributed by atoms with Crippen molar-refractivity contribution in [1.82, 2.24) is 24.9 Å². The number of carbonyl (C=O) groups excluding carboxylic acids is 1. The van der Waals surface area contributed by atoms with Crippen LogP contribution in [0.15, 0.2) is 36.7 Å². The van der Waals surface area contributed by atoms with Gasteiger partial charge in [-0.1, -0.05) is 12.1 Å². The highest BCUT2D eigenvalue weighted by Crippen LogP contribution is 2.23. The Morgan fingerprint density at radius 2 is 2.04 bits per heavy atom. The summed E-state index contributed by atoms with van der Waals surface area (Å²) in [6.07, 6.45) is 3.69. The van der Waals surface area contributed by atoms with Crippen molar-refractivity contribution in [2.24, 2.45) is 7.05 Å². The first-order valence-electron chi connectivity index (χ1n) is 9.49. The maximum Gasteiger partial charge on any atom is 0.317 e. The van der Waals surface area contributed by atoms with E-state index in [-0.39, 0.29) is 12.1 Å². The monoisotopic (exact) mass is 387 g/mol. The van der Waals surface area contributed by atoms with Crippen LogP contribution in [-0.2, 0) is 18.3 Å². The molecule has 1 unspecified atom stereocenters. The number of morpholine rings is 1. The average molecular weight is 387 g/mol. The lowest BCUT2D eigenvalue weighted by Gasteiger charge is -2.35. The topological polar surface area (TPSA) is 71.9 Å². The molecule has 8 nitrogen and oxygen atoms in total. The molecule has 1 aliphatic rings. The van der Waals surface area contributed by atoms with Crippen molar-refractivity contribution in [2.45, 2.75) is 12.6 Å². The van der Waals surface area contributed by atoms with E-state index in [1.165, 1.54) is 0 Å². The SMILES string of the molecule is COc1ccc(C(CNC(=O)N(C)Cc2cnn(C)c2)N2CCOCC2)cc1. The summed E-state index contributed by atoms with van der Waals surface area (Å²) < 4.78 is 12.5. The standard InChI is InChI=1S/C20H29N5O3/c1-23(14-16-12-22-24(2)15-16)20(26)21-13-19(25-8-10-28-11-9-25)17-4-6-18(27-3)7-5-17/h4-7,12,15,19H,8-11,13-14H2,1-3H3,(H,21,26). The number of rotatable bonds is 7. The van der Waals surface area contributed by atoms with Gasteiger partial charge >= 0.3 is 6.03 Å². The van der Waals surface area contributed by atoms with Gasteiger partial charge in [-0.05, 0) is 17.7 Å². The van der Waals surface area contributed by atoms with Crippen LogP contribution in [-0.4, -0.2) is 72.6 Å². The third kappa shape index (κ3) is 5.24. The van der Waals surface area contributed by atoms with Crippen molar-refractivity contribution in [1.29, 1.82) is 0 Å². The molecule has 1 atom stereocenters. The zero-order valence-corrected chi connectivity index (χ0v) is 16.8. The lowest BCUT2D eigenvalue weighted by Crippen LogP contribution is -2.46. The third-order valence-electron chi connectivity index (χ3n) is 4.96. The highest BCUT2D eigenvalue weighted by Gasteiger charge is 2.24. The first-order chi connectivity index (χ1) is 13.6. The highest BCUT2D eigenvalue weighted by atomic mass is 16.5. The number of hydrogen-bond donors (Lipinski definition) is 1. The number of aromatic nitrogens is 2. The highest BCUT2D eigenvalue weighted by molar-refractivity contribution is 5.73. The molecule has 2 aromatic rings. The van der Waals surface area contributed by atoms with Crippen LogP contribution in [0.4, 0.5) is 4.79 Å². The van der Waals surface area contributed by atoms with Crippen LogP contribution < -0.4 is 10.1 Å². The molecule has 28 heavy (non-hydrogen) atoms. The predicted octanol–water partition coefficient (Wildman–Crippen LogP) is 1.64. The summed E-state index contributed by atoms with van der Waals surface area (Å²) in [6.45, 7) is 4.16. The summed E-state index contributed by atoms with van der Waals surface area (Å²) in [5, 5.41) is 7.23. The number of urea groups is 1. The van der Waals surface area contributed by atoms with Crippen molar-refractivity contribution in [3.8, 4) is 5.75 Å². The van der Waals surface area contributed by atoms with Gasteiger partial charge in [0.1, 0.15) is 5.75 Å². The van der Waals surface area contributed by atoms with E-state index in [0.29, 0.717) is 26.3 Å². The fourth-order valence-electron chi connectivity index (χ4n) is 3.39. The molecular formula is C20H29N5O3. The van der Waals surface area contributed by atoms with Gasteiger partial charge in [-0.25, -0.2) is 4.79 Å².